The summed E-state index contributed by atoms with van der Waals surface area (Å²) in [7, 11) is 0. The molecule has 2 nitrogen and oxygen atoms in total. The van der Waals surface area contributed by atoms with E-state index in [9.17, 15) is 8.78 Å². The lowest BCUT2D eigenvalue weighted by molar-refractivity contribution is 0.627. The van der Waals surface area contributed by atoms with Gasteiger partial charge in [-0.3, -0.25) is 0 Å². The third kappa shape index (κ3) is 2.38. The van der Waals surface area contributed by atoms with Gasteiger partial charge in [0, 0.05) is 5.56 Å². The number of benzene rings is 2. The number of imidazole rings is 1. The average molecular weight is 256 g/mol. The Balaban J connectivity index is 1.95. The quantitative estimate of drug-likeness (QED) is 0.737. The number of aromatic amines is 1. The average Bonchev–Trinajstić information content (AvgIpc) is 2.90. The van der Waals surface area contributed by atoms with Crippen LogP contribution in [0.4, 0.5) is 8.78 Å². The second-order valence-electron chi connectivity index (χ2n) is 4.16. The van der Waals surface area contributed by atoms with E-state index < -0.39 is 0 Å². The number of aromatic nitrogens is 2. The van der Waals surface area contributed by atoms with E-state index in [1.165, 1.54) is 24.3 Å². The van der Waals surface area contributed by atoms with Crippen molar-refractivity contribution in [2.75, 3.05) is 0 Å². The first kappa shape index (κ1) is 11.6. The van der Waals surface area contributed by atoms with Crippen LogP contribution in [0.1, 0.15) is 0 Å². The summed E-state index contributed by atoms with van der Waals surface area (Å²) in [5.74, 6) is 0.0930. The molecule has 1 heterocycles. The number of halogens is 2. The molecule has 94 valence electrons. The van der Waals surface area contributed by atoms with Gasteiger partial charge < -0.3 is 4.98 Å². The van der Waals surface area contributed by atoms with Crippen molar-refractivity contribution in [2.45, 2.75) is 0 Å². The smallest absolute Gasteiger partial charge is 0.137 e. The van der Waals surface area contributed by atoms with Gasteiger partial charge in [-0.15, -0.1) is 0 Å². The second-order valence-corrected chi connectivity index (χ2v) is 4.16. The predicted molar refractivity (Wildman–Crippen MR) is 69.4 cm³/mol. The fourth-order valence-electron chi connectivity index (χ4n) is 1.85. The van der Waals surface area contributed by atoms with Gasteiger partial charge in [-0.1, -0.05) is 0 Å². The summed E-state index contributed by atoms with van der Waals surface area (Å²) in [5, 5.41) is 0. The maximum atomic E-state index is 12.8. The zero-order valence-corrected chi connectivity index (χ0v) is 9.90. The lowest BCUT2D eigenvalue weighted by Gasteiger charge is -1.98. The second kappa shape index (κ2) is 4.65. The van der Waals surface area contributed by atoms with Crippen molar-refractivity contribution < 1.29 is 8.78 Å². The molecule has 19 heavy (non-hydrogen) atoms. The summed E-state index contributed by atoms with van der Waals surface area (Å²) >= 11 is 0. The van der Waals surface area contributed by atoms with Crippen LogP contribution in [0, 0.1) is 11.6 Å². The Hall–Kier alpha value is -2.49. The monoisotopic (exact) mass is 256 g/mol. The Morgan fingerprint density at radius 2 is 1.26 bits per heavy atom. The molecule has 0 aliphatic rings. The first-order chi connectivity index (χ1) is 9.22. The molecule has 0 aliphatic heterocycles. The van der Waals surface area contributed by atoms with Gasteiger partial charge in [0.1, 0.15) is 17.5 Å². The van der Waals surface area contributed by atoms with Gasteiger partial charge in [0.25, 0.3) is 0 Å². The zero-order valence-electron chi connectivity index (χ0n) is 9.90. The third-order valence-electron chi connectivity index (χ3n) is 2.85. The van der Waals surface area contributed by atoms with Gasteiger partial charge in [-0.2, -0.15) is 0 Å². The highest BCUT2D eigenvalue weighted by molar-refractivity contribution is 5.64. The fourth-order valence-corrected chi connectivity index (χ4v) is 1.85. The Morgan fingerprint density at radius 1 is 0.737 bits per heavy atom. The maximum absolute atomic E-state index is 12.8. The maximum Gasteiger partial charge on any atom is 0.137 e. The lowest BCUT2D eigenvalue weighted by Crippen LogP contribution is -1.82. The molecule has 0 unspecified atom stereocenters. The van der Waals surface area contributed by atoms with Crippen molar-refractivity contribution in [3.63, 3.8) is 0 Å². The molecular weight excluding hydrogens is 246 g/mol. The Morgan fingerprint density at radius 3 is 1.84 bits per heavy atom. The summed E-state index contributed by atoms with van der Waals surface area (Å²) in [6.45, 7) is 0. The van der Waals surface area contributed by atoms with Gasteiger partial charge in [-0.05, 0) is 54.1 Å². The number of nitrogens with zero attached hydrogens (tertiary/aromatic N) is 1. The molecule has 0 saturated heterocycles. The molecule has 0 radical (unpaired) electrons. The highest BCUT2D eigenvalue weighted by Gasteiger charge is 2.05. The highest BCUT2D eigenvalue weighted by Crippen LogP contribution is 2.22. The van der Waals surface area contributed by atoms with Crippen LogP contribution >= 0.6 is 0 Å². The van der Waals surface area contributed by atoms with Gasteiger partial charge in [0.15, 0.2) is 0 Å². The summed E-state index contributed by atoms with van der Waals surface area (Å²) in [6.07, 6.45) is 1.67. The minimum Gasteiger partial charge on any atom is -0.338 e. The molecule has 0 fully saturated rings. The van der Waals surface area contributed by atoms with Gasteiger partial charge in [-0.25, -0.2) is 13.8 Å². The summed E-state index contributed by atoms with van der Waals surface area (Å²) < 4.78 is 25.7. The largest absolute Gasteiger partial charge is 0.338 e. The molecule has 4 heteroatoms. The van der Waals surface area contributed by atoms with E-state index in [1.54, 1.807) is 30.5 Å². The fraction of sp³-hybridized carbons (Fsp3) is 0. The van der Waals surface area contributed by atoms with Crippen molar-refractivity contribution >= 4 is 0 Å². The van der Waals surface area contributed by atoms with Gasteiger partial charge in [0.05, 0.1) is 11.9 Å². The predicted octanol–water partition coefficient (Wildman–Crippen LogP) is 4.02. The summed E-state index contributed by atoms with van der Waals surface area (Å²) in [6, 6.07) is 12.2. The molecule has 0 saturated carbocycles. The minimum atomic E-state index is -0.283. The normalized spacial score (nSPS) is 10.6. The molecular formula is C15H10F2N2. The molecule has 0 spiro atoms. The van der Waals surface area contributed by atoms with Crippen LogP contribution in [0.5, 0.6) is 0 Å². The molecule has 2 aromatic carbocycles. The van der Waals surface area contributed by atoms with Crippen molar-refractivity contribution in [3.05, 3.63) is 66.4 Å². The summed E-state index contributed by atoms with van der Waals surface area (Å²) in [5.41, 5.74) is 2.44. The van der Waals surface area contributed by atoms with E-state index in [0.717, 1.165) is 16.8 Å². The first-order valence-electron chi connectivity index (χ1n) is 5.79. The van der Waals surface area contributed by atoms with Crippen molar-refractivity contribution in [2.24, 2.45) is 0 Å². The van der Waals surface area contributed by atoms with Crippen LogP contribution in [0.15, 0.2) is 54.7 Å². The number of hydrogen-bond acceptors (Lipinski definition) is 1. The molecule has 1 aromatic heterocycles. The first-order valence-corrected chi connectivity index (χ1v) is 5.79. The van der Waals surface area contributed by atoms with E-state index in [-0.39, 0.29) is 11.6 Å². The van der Waals surface area contributed by atoms with E-state index in [1.807, 2.05) is 0 Å². The number of hydrogen-bond donors (Lipinski definition) is 1. The Kier molecular flexibility index (Phi) is 2.83. The molecule has 3 aromatic rings. The molecule has 3 rings (SSSR count). The van der Waals surface area contributed by atoms with E-state index >= 15 is 0 Å². The molecule has 0 atom stereocenters. The number of H-pyrrole nitrogens is 1. The Labute approximate surface area is 108 Å². The molecule has 0 amide bonds. The van der Waals surface area contributed by atoms with Crippen molar-refractivity contribution in [3.8, 4) is 22.6 Å². The van der Waals surface area contributed by atoms with Crippen LogP contribution in [-0.2, 0) is 0 Å². The molecule has 0 aliphatic carbocycles. The molecule has 1 N–H and O–H groups in total. The van der Waals surface area contributed by atoms with Gasteiger partial charge in [0.2, 0.25) is 0 Å². The van der Waals surface area contributed by atoms with Crippen LogP contribution < -0.4 is 0 Å². The topological polar surface area (TPSA) is 28.7 Å². The van der Waals surface area contributed by atoms with Gasteiger partial charge >= 0.3 is 0 Å². The van der Waals surface area contributed by atoms with Crippen molar-refractivity contribution in [1.82, 2.24) is 9.97 Å². The van der Waals surface area contributed by atoms with Crippen molar-refractivity contribution in [1.29, 1.82) is 0 Å². The van der Waals surface area contributed by atoms with E-state index in [0.29, 0.717) is 5.82 Å². The number of rotatable bonds is 2. The lowest BCUT2D eigenvalue weighted by atomic mass is 10.2. The van der Waals surface area contributed by atoms with Crippen LogP contribution in [-0.4, -0.2) is 9.97 Å². The third-order valence-corrected chi connectivity index (χ3v) is 2.85. The van der Waals surface area contributed by atoms with Crippen LogP contribution in [0.3, 0.4) is 0 Å². The minimum absolute atomic E-state index is 0.276. The number of nitrogens with one attached hydrogen (secondary N) is 1. The van der Waals surface area contributed by atoms with Crippen LogP contribution in [0.2, 0.25) is 0 Å². The molecule has 0 bridgehead atoms. The standard InChI is InChI=1S/C15H10F2N2/c16-12-5-1-10(2-6-12)14-9-18-15(19-14)11-3-7-13(17)8-4-11/h1-9H,(H,18,19). The Bertz CT molecular complexity index is 625. The van der Waals surface area contributed by atoms with E-state index in [2.05, 4.69) is 9.97 Å². The SMILES string of the molecule is Fc1ccc(-c2cnc(-c3ccc(F)cc3)[nH]2)cc1. The zero-order chi connectivity index (χ0) is 13.2. The van der Waals surface area contributed by atoms with Crippen LogP contribution in [0.25, 0.3) is 22.6 Å². The summed E-state index contributed by atoms with van der Waals surface area (Å²) in [4.78, 5) is 7.37. The highest BCUT2D eigenvalue weighted by atomic mass is 19.1. The van der Waals surface area contributed by atoms with E-state index in [4.69, 9.17) is 0 Å².